The average Bonchev–Trinajstić information content (AvgIpc) is 1.56. The van der Waals surface area contributed by atoms with Crippen molar-refractivity contribution in [1.29, 1.82) is 0 Å². The molecule has 0 aromatic carbocycles. The molecular weight excluding hydrogens is 169 g/mol. The standard InChI is InChI=1S/C6H14FNO2S/c1-5(8)6(2,3)4-11(7,9)10/h5H,4,8H2,1-3H3. The summed E-state index contributed by atoms with van der Waals surface area (Å²) < 4.78 is 32.6. The summed E-state index contributed by atoms with van der Waals surface area (Å²) in [5.74, 6) is -0.516. The van der Waals surface area contributed by atoms with Crippen molar-refractivity contribution < 1.29 is 12.3 Å². The quantitative estimate of drug-likeness (QED) is 0.654. The number of hydrogen-bond donors (Lipinski definition) is 1. The third kappa shape index (κ3) is 4.31. The van der Waals surface area contributed by atoms with Gasteiger partial charge >= 0.3 is 10.2 Å². The van der Waals surface area contributed by atoms with Crippen molar-refractivity contribution in [3.63, 3.8) is 0 Å². The predicted octanol–water partition coefficient (Wildman–Crippen LogP) is 0.659. The monoisotopic (exact) mass is 183 g/mol. The molecule has 2 N–H and O–H groups in total. The average molecular weight is 183 g/mol. The van der Waals surface area contributed by atoms with Crippen LogP contribution < -0.4 is 5.73 Å². The maximum absolute atomic E-state index is 12.2. The molecule has 0 spiro atoms. The Hall–Kier alpha value is -0.160. The first-order valence-corrected chi connectivity index (χ1v) is 4.88. The number of hydrogen-bond acceptors (Lipinski definition) is 3. The molecule has 11 heavy (non-hydrogen) atoms. The van der Waals surface area contributed by atoms with E-state index in [4.69, 9.17) is 5.73 Å². The molecule has 0 aliphatic heterocycles. The topological polar surface area (TPSA) is 60.2 Å². The van der Waals surface area contributed by atoms with Gasteiger partial charge in [0.2, 0.25) is 0 Å². The van der Waals surface area contributed by atoms with Crippen molar-refractivity contribution in [1.82, 2.24) is 0 Å². The molecular formula is C6H14FNO2S. The lowest BCUT2D eigenvalue weighted by atomic mass is 9.88. The van der Waals surface area contributed by atoms with E-state index in [9.17, 15) is 12.3 Å². The highest BCUT2D eigenvalue weighted by atomic mass is 32.3. The first kappa shape index (κ1) is 10.8. The van der Waals surface area contributed by atoms with E-state index in [1.54, 1.807) is 20.8 Å². The summed E-state index contributed by atoms with van der Waals surface area (Å²) in [5.41, 5.74) is 4.75. The van der Waals surface area contributed by atoms with Crippen molar-refractivity contribution >= 4 is 10.2 Å². The first-order valence-electron chi connectivity index (χ1n) is 3.33. The van der Waals surface area contributed by atoms with Crippen LogP contribution in [0.3, 0.4) is 0 Å². The summed E-state index contributed by atoms with van der Waals surface area (Å²) in [5, 5.41) is 0. The van der Waals surface area contributed by atoms with Gasteiger partial charge in [-0.1, -0.05) is 13.8 Å². The summed E-state index contributed by atoms with van der Waals surface area (Å²) in [6, 6.07) is -0.340. The van der Waals surface area contributed by atoms with E-state index in [0.29, 0.717) is 0 Å². The minimum absolute atomic E-state index is 0.340. The second kappa shape index (κ2) is 3.06. The normalized spacial score (nSPS) is 16.5. The minimum atomic E-state index is -4.41. The van der Waals surface area contributed by atoms with Gasteiger partial charge in [-0.2, -0.15) is 8.42 Å². The van der Waals surface area contributed by atoms with Gasteiger partial charge < -0.3 is 5.73 Å². The van der Waals surface area contributed by atoms with Crippen LogP contribution in [0.4, 0.5) is 3.89 Å². The molecule has 5 heteroatoms. The molecule has 0 aliphatic rings. The Kier molecular flexibility index (Phi) is 3.02. The lowest BCUT2D eigenvalue weighted by Crippen LogP contribution is -2.39. The Bertz CT molecular complexity index is 221. The van der Waals surface area contributed by atoms with Crippen molar-refractivity contribution in [2.75, 3.05) is 5.75 Å². The molecule has 0 aliphatic carbocycles. The predicted molar refractivity (Wildman–Crippen MR) is 42.3 cm³/mol. The van der Waals surface area contributed by atoms with Gasteiger partial charge in [-0.3, -0.25) is 0 Å². The van der Waals surface area contributed by atoms with Gasteiger partial charge in [0.15, 0.2) is 0 Å². The fourth-order valence-corrected chi connectivity index (χ4v) is 1.73. The number of halogens is 1. The highest BCUT2D eigenvalue weighted by molar-refractivity contribution is 7.86. The third-order valence-electron chi connectivity index (χ3n) is 1.78. The van der Waals surface area contributed by atoms with E-state index in [2.05, 4.69) is 0 Å². The van der Waals surface area contributed by atoms with E-state index < -0.39 is 21.4 Å². The maximum Gasteiger partial charge on any atom is 0.302 e. The van der Waals surface area contributed by atoms with Crippen LogP contribution in [-0.2, 0) is 10.2 Å². The Labute approximate surface area is 67.0 Å². The zero-order chi connectivity index (χ0) is 9.28. The Morgan fingerprint density at radius 1 is 1.55 bits per heavy atom. The van der Waals surface area contributed by atoms with E-state index in [-0.39, 0.29) is 6.04 Å². The Balaban J connectivity index is 4.38. The van der Waals surface area contributed by atoms with Gasteiger partial charge in [-0.05, 0) is 12.3 Å². The molecule has 0 radical (unpaired) electrons. The van der Waals surface area contributed by atoms with Crippen LogP contribution in [0.1, 0.15) is 20.8 Å². The zero-order valence-electron chi connectivity index (χ0n) is 6.96. The molecule has 68 valence electrons. The van der Waals surface area contributed by atoms with E-state index in [0.717, 1.165) is 0 Å². The molecule has 0 rings (SSSR count). The third-order valence-corrected chi connectivity index (χ3v) is 2.87. The van der Waals surface area contributed by atoms with Gasteiger partial charge in [0.25, 0.3) is 0 Å². The van der Waals surface area contributed by atoms with E-state index >= 15 is 0 Å². The van der Waals surface area contributed by atoms with Gasteiger partial charge in [0.05, 0.1) is 5.75 Å². The Morgan fingerprint density at radius 3 is 2.00 bits per heavy atom. The molecule has 0 fully saturated rings. The second-order valence-electron chi connectivity index (χ2n) is 3.46. The minimum Gasteiger partial charge on any atom is -0.327 e. The van der Waals surface area contributed by atoms with Crippen LogP contribution in [0.25, 0.3) is 0 Å². The van der Waals surface area contributed by atoms with Gasteiger partial charge in [0, 0.05) is 6.04 Å². The summed E-state index contributed by atoms with van der Waals surface area (Å²) in [7, 11) is -4.41. The van der Waals surface area contributed by atoms with Gasteiger partial charge in [-0.25, -0.2) is 0 Å². The zero-order valence-corrected chi connectivity index (χ0v) is 7.78. The fourth-order valence-electron chi connectivity index (χ4n) is 0.576. The van der Waals surface area contributed by atoms with Gasteiger partial charge in [0.1, 0.15) is 0 Å². The van der Waals surface area contributed by atoms with E-state index in [1.165, 1.54) is 0 Å². The smallest absolute Gasteiger partial charge is 0.302 e. The lowest BCUT2D eigenvalue weighted by Gasteiger charge is -2.26. The second-order valence-corrected chi connectivity index (χ2v) is 4.83. The molecule has 0 aromatic rings. The van der Waals surface area contributed by atoms with Crippen molar-refractivity contribution in [2.24, 2.45) is 11.1 Å². The number of nitrogens with two attached hydrogens (primary N) is 1. The van der Waals surface area contributed by atoms with Crippen LogP contribution in [0.2, 0.25) is 0 Å². The molecule has 0 amide bonds. The van der Waals surface area contributed by atoms with Crippen LogP contribution in [-0.4, -0.2) is 20.2 Å². The molecule has 0 saturated heterocycles. The largest absolute Gasteiger partial charge is 0.327 e. The van der Waals surface area contributed by atoms with Crippen LogP contribution >= 0.6 is 0 Å². The first-order chi connectivity index (χ1) is 4.65. The molecule has 0 bridgehead atoms. The van der Waals surface area contributed by atoms with Crippen molar-refractivity contribution in [3.8, 4) is 0 Å². The number of rotatable bonds is 3. The highest BCUT2D eigenvalue weighted by Crippen LogP contribution is 2.21. The van der Waals surface area contributed by atoms with Crippen molar-refractivity contribution in [2.45, 2.75) is 26.8 Å². The van der Waals surface area contributed by atoms with Crippen LogP contribution in [0.5, 0.6) is 0 Å². The Morgan fingerprint density at radius 2 is 1.91 bits per heavy atom. The molecule has 0 heterocycles. The highest BCUT2D eigenvalue weighted by Gasteiger charge is 2.29. The summed E-state index contributed by atoms with van der Waals surface area (Å²) in [4.78, 5) is 0. The summed E-state index contributed by atoms with van der Waals surface area (Å²) in [6.07, 6.45) is 0. The van der Waals surface area contributed by atoms with Gasteiger partial charge in [-0.15, -0.1) is 3.89 Å². The maximum atomic E-state index is 12.2. The molecule has 3 nitrogen and oxygen atoms in total. The van der Waals surface area contributed by atoms with E-state index in [1.807, 2.05) is 0 Å². The fraction of sp³-hybridized carbons (Fsp3) is 1.00. The molecule has 0 saturated carbocycles. The summed E-state index contributed by atoms with van der Waals surface area (Å²) in [6.45, 7) is 4.90. The van der Waals surface area contributed by atoms with Crippen LogP contribution in [0, 0.1) is 5.41 Å². The van der Waals surface area contributed by atoms with Crippen LogP contribution in [0.15, 0.2) is 0 Å². The molecule has 1 unspecified atom stereocenters. The summed E-state index contributed by atoms with van der Waals surface area (Å²) >= 11 is 0. The van der Waals surface area contributed by atoms with Crippen molar-refractivity contribution in [3.05, 3.63) is 0 Å². The molecule has 1 atom stereocenters. The SMILES string of the molecule is CC(N)C(C)(C)CS(=O)(=O)F. The molecule has 0 aromatic heterocycles. The lowest BCUT2D eigenvalue weighted by molar-refractivity contribution is 0.336.